The molecule has 0 amide bonds. The van der Waals surface area contributed by atoms with Crippen molar-refractivity contribution in [2.75, 3.05) is 6.54 Å². The number of alkyl halides is 3. The zero-order valence-electron chi connectivity index (χ0n) is 9.29. The van der Waals surface area contributed by atoms with Gasteiger partial charge in [0.15, 0.2) is 0 Å². The van der Waals surface area contributed by atoms with E-state index in [0.717, 1.165) is 4.90 Å². The van der Waals surface area contributed by atoms with Crippen molar-refractivity contribution in [1.82, 2.24) is 4.90 Å². The van der Waals surface area contributed by atoms with Crippen molar-refractivity contribution in [3.05, 3.63) is 0 Å². The maximum Gasteiger partial charge on any atom is 0.401 e. The van der Waals surface area contributed by atoms with E-state index in [0.29, 0.717) is 12.8 Å². The van der Waals surface area contributed by atoms with Crippen LogP contribution in [0.15, 0.2) is 0 Å². The van der Waals surface area contributed by atoms with Crippen LogP contribution in [0.3, 0.4) is 0 Å². The van der Waals surface area contributed by atoms with Crippen LogP contribution in [0.5, 0.6) is 0 Å². The Bertz CT molecular complexity index is 261. The van der Waals surface area contributed by atoms with Crippen LogP contribution in [0.2, 0.25) is 0 Å². The normalized spacial score (nSPS) is 19.2. The molecule has 1 aliphatic carbocycles. The molecule has 16 heavy (non-hydrogen) atoms. The van der Waals surface area contributed by atoms with Gasteiger partial charge >= 0.3 is 12.1 Å². The van der Waals surface area contributed by atoms with E-state index in [4.69, 9.17) is 5.11 Å². The molecule has 0 heterocycles. The quantitative estimate of drug-likeness (QED) is 0.798. The topological polar surface area (TPSA) is 40.5 Å². The maximum atomic E-state index is 12.3. The Hall–Kier alpha value is -0.780. The van der Waals surface area contributed by atoms with E-state index in [2.05, 4.69) is 0 Å². The first-order valence-electron chi connectivity index (χ1n) is 5.27. The largest absolute Gasteiger partial charge is 0.480 e. The van der Waals surface area contributed by atoms with Crippen LogP contribution in [0.25, 0.3) is 0 Å². The molecule has 1 aliphatic rings. The summed E-state index contributed by atoms with van der Waals surface area (Å²) in [4.78, 5) is 12.1. The van der Waals surface area contributed by atoms with Crippen LogP contribution in [0.4, 0.5) is 13.2 Å². The van der Waals surface area contributed by atoms with Gasteiger partial charge in [-0.3, -0.25) is 9.69 Å². The summed E-state index contributed by atoms with van der Waals surface area (Å²) in [6.45, 7) is 2.13. The highest BCUT2D eigenvalue weighted by Crippen LogP contribution is 2.33. The van der Waals surface area contributed by atoms with Crippen molar-refractivity contribution in [2.24, 2.45) is 5.92 Å². The van der Waals surface area contributed by atoms with Gasteiger partial charge in [-0.25, -0.2) is 0 Å². The molecule has 0 spiro atoms. The van der Waals surface area contributed by atoms with Gasteiger partial charge in [-0.05, 0) is 18.8 Å². The molecule has 1 fully saturated rings. The SMILES string of the molecule is CC(C)C(C(=O)O)N(CC(F)(F)F)C1CC1. The van der Waals surface area contributed by atoms with Crippen LogP contribution >= 0.6 is 0 Å². The summed E-state index contributed by atoms with van der Waals surface area (Å²) in [6.07, 6.45) is -3.02. The molecule has 0 radical (unpaired) electrons. The maximum absolute atomic E-state index is 12.3. The third-order valence-corrected chi connectivity index (χ3v) is 2.62. The number of hydrogen-bond acceptors (Lipinski definition) is 2. The molecule has 0 saturated heterocycles. The van der Waals surface area contributed by atoms with Crippen LogP contribution in [-0.4, -0.2) is 40.8 Å². The lowest BCUT2D eigenvalue weighted by atomic mass is 10.0. The number of hydrogen-bond donors (Lipinski definition) is 1. The van der Waals surface area contributed by atoms with Crippen molar-refractivity contribution in [2.45, 2.75) is 44.9 Å². The number of carboxylic acid groups (broad SMARTS) is 1. The molecular formula is C10H16F3NO2. The Morgan fingerprint density at radius 3 is 2.19 bits per heavy atom. The summed E-state index contributed by atoms with van der Waals surface area (Å²) < 4.78 is 37.0. The number of halogens is 3. The molecule has 6 heteroatoms. The first-order chi connectivity index (χ1) is 7.22. The fourth-order valence-electron chi connectivity index (χ4n) is 1.88. The average Bonchev–Trinajstić information content (AvgIpc) is 2.79. The molecule has 1 unspecified atom stereocenters. The van der Waals surface area contributed by atoms with Crippen LogP contribution < -0.4 is 0 Å². The fourth-order valence-corrected chi connectivity index (χ4v) is 1.88. The van der Waals surface area contributed by atoms with Crippen molar-refractivity contribution in [1.29, 1.82) is 0 Å². The number of rotatable bonds is 5. The van der Waals surface area contributed by atoms with E-state index in [1.807, 2.05) is 0 Å². The molecule has 0 aromatic heterocycles. The van der Waals surface area contributed by atoms with Gasteiger partial charge in [0.2, 0.25) is 0 Å². The first kappa shape index (κ1) is 13.3. The van der Waals surface area contributed by atoms with Gasteiger partial charge in [0.05, 0.1) is 6.54 Å². The van der Waals surface area contributed by atoms with Gasteiger partial charge < -0.3 is 5.11 Å². The Morgan fingerprint density at radius 2 is 1.94 bits per heavy atom. The molecule has 1 atom stereocenters. The molecule has 0 aromatic carbocycles. The zero-order chi connectivity index (χ0) is 12.5. The summed E-state index contributed by atoms with van der Waals surface area (Å²) in [5.41, 5.74) is 0. The lowest BCUT2D eigenvalue weighted by Crippen LogP contribution is -2.49. The molecule has 0 aliphatic heterocycles. The summed E-state index contributed by atoms with van der Waals surface area (Å²) in [5.74, 6) is -1.51. The van der Waals surface area contributed by atoms with E-state index in [1.54, 1.807) is 13.8 Å². The molecule has 1 saturated carbocycles. The van der Waals surface area contributed by atoms with Gasteiger partial charge in [-0.2, -0.15) is 13.2 Å². The van der Waals surface area contributed by atoms with E-state index in [9.17, 15) is 18.0 Å². The Morgan fingerprint density at radius 1 is 1.44 bits per heavy atom. The fraction of sp³-hybridized carbons (Fsp3) is 0.900. The van der Waals surface area contributed by atoms with Crippen molar-refractivity contribution >= 4 is 5.97 Å². The second kappa shape index (κ2) is 4.61. The average molecular weight is 239 g/mol. The molecule has 3 nitrogen and oxygen atoms in total. The molecule has 1 N–H and O–H groups in total. The predicted octanol–water partition coefficient (Wildman–Crippen LogP) is 2.12. The minimum Gasteiger partial charge on any atom is -0.480 e. The molecule has 1 rings (SSSR count). The summed E-state index contributed by atoms with van der Waals surface area (Å²) >= 11 is 0. The monoisotopic (exact) mass is 239 g/mol. The summed E-state index contributed by atoms with van der Waals surface area (Å²) in [6, 6.07) is -1.26. The van der Waals surface area contributed by atoms with Crippen LogP contribution in [0.1, 0.15) is 26.7 Å². The van der Waals surface area contributed by atoms with Crippen LogP contribution in [0, 0.1) is 5.92 Å². The zero-order valence-corrected chi connectivity index (χ0v) is 9.29. The third kappa shape index (κ3) is 3.66. The van der Waals surface area contributed by atoms with Gasteiger partial charge in [-0.15, -0.1) is 0 Å². The van der Waals surface area contributed by atoms with E-state index >= 15 is 0 Å². The summed E-state index contributed by atoms with van der Waals surface area (Å²) in [5, 5.41) is 8.98. The van der Waals surface area contributed by atoms with Crippen molar-refractivity contribution < 1.29 is 23.1 Å². The first-order valence-corrected chi connectivity index (χ1v) is 5.27. The number of carboxylic acids is 1. The Labute approximate surface area is 92.2 Å². The van der Waals surface area contributed by atoms with Gasteiger partial charge in [0.1, 0.15) is 6.04 Å². The highest BCUT2D eigenvalue weighted by molar-refractivity contribution is 5.73. The van der Waals surface area contributed by atoms with Gasteiger partial charge in [0, 0.05) is 6.04 Å². The molecule has 94 valence electrons. The van der Waals surface area contributed by atoms with Crippen molar-refractivity contribution in [3.8, 4) is 0 Å². The van der Waals surface area contributed by atoms with E-state index in [-0.39, 0.29) is 12.0 Å². The lowest BCUT2D eigenvalue weighted by molar-refractivity contribution is -0.165. The Balaban J connectivity index is 2.78. The standard InChI is InChI=1S/C10H16F3NO2/c1-6(2)8(9(15)16)14(7-3-4-7)5-10(11,12)13/h6-8H,3-5H2,1-2H3,(H,15,16). The minimum absolute atomic E-state index is 0.217. The van der Waals surface area contributed by atoms with Gasteiger partial charge in [0.25, 0.3) is 0 Å². The molecule has 0 aromatic rings. The van der Waals surface area contributed by atoms with Crippen molar-refractivity contribution in [3.63, 3.8) is 0 Å². The smallest absolute Gasteiger partial charge is 0.401 e. The number of carbonyl (C=O) groups is 1. The van der Waals surface area contributed by atoms with Gasteiger partial charge in [-0.1, -0.05) is 13.8 Å². The van der Waals surface area contributed by atoms with E-state index < -0.39 is 24.7 Å². The number of nitrogens with zero attached hydrogens (tertiary/aromatic N) is 1. The minimum atomic E-state index is -4.34. The second-order valence-corrected chi connectivity index (χ2v) is 4.55. The third-order valence-electron chi connectivity index (χ3n) is 2.62. The molecule has 0 bridgehead atoms. The Kier molecular flexibility index (Phi) is 3.83. The molecular weight excluding hydrogens is 223 g/mol. The van der Waals surface area contributed by atoms with Crippen LogP contribution in [-0.2, 0) is 4.79 Å². The predicted molar refractivity (Wildman–Crippen MR) is 52.0 cm³/mol. The lowest BCUT2D eigenvalue weighted by Gasteiger charge is -2.31. The highest BCUT2D eigenvalue weighted by Gasteiger charge is 2.44. The van der Waals surface area contributed by atoms with E-state index in [1.165, 1.54) is 0 Å². The second-order valence-electron chi connectivity index (χ2n) is 4.55. The number of aliphatic carboxylic acids is 1. The highest BCUT2D eigenvalue weighted by atomic mass is 19.4. The summed E-state index contributed by atoms with van der Waals surface area (Å²) in [7, 11) is 0.